The molecule has 5 rings (SSSR count). The third-order valence-electron chi connectivity index (χ3n) is 5.03. The van der Waals surface area contributed by atoms with Crippen LogP contribution in [0.5, 0.6) is 0 Å². The smallest absolute Gasteiger partial charge is 0.279 e. The number of carbonyl (C=O) groups excluding carboxylic acids is 1. The summed E-state index contributed by atoms with van der Waals surface area (Å²) in [4.78, 5) is 15.7. The Kier molecular flexibility index (Phi) is 4.33. The number of hydrogen-bond donors (Lipinski definition) is 0. The quantitative estimate of drug-likeness (QED) is 0.480. The average molecular weight is 398 g/mol. The van der Waals surface area contributed by atoms with Gasteiger partial charge in [-0.15, -0.1) is 10.2 Å². The zero-order valence-corrected chi connectivity index (χ0v) is 16.6. The lowest BCUT2D eigenvalue weighted by atomic mass is 10.1. The summed E-state index contributed by atoms with van der Waals surface area (Å²) in [6, 6.07) is 25.8. The van der Waals surface area contributed by atoms with Gasteiger partial charge in [-0.05, 0) is 23.8 Å². The van der Waals surface area contributed by atoms with Gasteiger partial charge in [-0.2, -0.15) is 0 Å². The van der Waals surface area contributed by atoms with Crippen molar-refractivity contribution in [2.45, 2.75) is 6.54 Å². The monoisotopic (exact) mass is 398 g/mol. The molecule has 0 spiro atoms. The summed E-state index contributed by atoms with van der Waals surface area (Å²) in [6.07, 6.45) is 0. The predicted octanol–water partition coefficient (Wildman–Crippen LogP) is 4.09. The van der Waals surface area contributed by atoms with Crippen LogP contribution in [0.4, 0.5) is 5.69 Å². The van der Waals surface area contributed by atoms with Crippen molar-refractivity contribution < 1.29 is 4.79 Å². The van der Waals surface area contributed by atoms with Gasteiger partial charge in [0.05, 0.1) is 22.4 Å². The van der Waals surface area contributed by atoms with E-state index in [0.29, 0.717) is 12.3 Å². The van der Waals surface area contributed by atoms with Crippen LogP contribution in [0.1, 0.15) is 11.1 Å². The van der Waals surface area contributed by atoms with E-state index in [1.54, 1.807) is 16.2 Å². The summed E-state index contributed by atoms with van der Waals surface area (Å²) in [6.45, 7) is 0.506. The number of fused-ring (bicyclic) bond motifs is 2. The fourth-order valence-corrected chi connectivity index (χ4v) is 4.52. The van der Waals surface area contributed by atoms with E-state index in [9.17, 15) is 4.79 Å². The van der Waals surface area contributed by atoms with E-state index in [-0.39, 0.29) is 5.91 Å². The number of nitrogens with zero attached hydrogens (tertiary/aromatic N) is 4. The molecule has 0 unspecified atom stereocenters. The van der Waals surface area contributed by atoms with Crippen molar-refractivity contribution in [1.82, 2.24) is 4.57 Å². The maximum absolute atomic E-state index is 13.2. The summed E-state index contributed by atoms with van der Waals surface area (Å²) in [5.74, 6) is -0.123. The number of hydrogen-bond acceptors (Lipinski definition) is 4. The highest BCUT2D eigenvalue weighted by molar-refractivity contribution is 7.16. The van der Waals surface area contributed by atoms with Crippen molar-refractivity contribution >= 4 is 38.9 Å². The molecule has 0 saturated carbocycles. The van der Waals surface area contributed by atoms with Crippen molar-refractivity contribution in [2.75, 3.05) is 4.90 Å². The van der Waals surface area contributed by atoms with Crippen LogP contribution in [0.25, 0.3) is 10.2 Å². The van der Waals surface area contributed by atoms with E-state index in [2.05, 4.69) is 22.3 Å². The number of rotatable bonds is 3. The summed E-state index contributed by atoms with van der Waals surface area (Å²) in [5.41, 5.74) is 4.25. The molecular formula is C23H18N4OS. The number of thiazole rings is 1. The maximum atomic E-state index is 13.2. The summed E-state index contributed by atoms with van der Waals surface area (Å²) < 4.78 is 3.13. The normalized spacial score (nSPS) is 15.5. The number of amides is 1. The highest BCUT2D eigenvalue weighted by Crippen LogP contribution is 2.30. The first-order valence-corrected chi connectivity index (χ1v) is 10.2. The lowest BCUT2D eigenvalue weighted by Gasteiger charge is -2.16. The lowest BCUT2D eigenvalue weighted by Crippen LogP contribution is -2.29. The first-order chi connectivity index (χ1) is 14.2. The van der Waals surface area contributed by atoms with Crippen molar-refractivity contribution in [2.24, 2.45) is 17.3 Å². The average Bonchev–Trinajstić information content (AvgIpc) is 3.22. The second-order valence-corrected chi connectivity index (χ2v) is 7.86. The highest BCUT2D eigenvalue weighted by Gasteiger charge is 2.33. The fourth-order valence-electron chi connectivity index (χ4n) is 3.55. The van der Waals surface area contributed by atoms with E-state index in [1.165, 1.54) is 0 Å². The molecule has 6 heteroatoms. The Bertz CT molecular complexity index is 1320. The van der Waals surface area contributed by atoms with E-state index < -0.39 is 0 Å². The third kappa shape index (κ3) is 3.07. The summed E-state index contributed by atoms with van der Waals surface area (Å²) in [5, 5.41) is 8.84. The number of carbonyl (C=O) groups is 1. The van der Waals surface area contributed by atoms with Gasteiger partial charge < -0.3 is 9.47 Å². The molecule has 2 heterocycles. The van der Waals surface area contributed by atoms with Gasteiger partial charge in [-0.3, -0.25) is 4.79 Å². The first kappa shape index (κ1) is 17.6. The second kappa shape index (κ2) is 7.14. The number of para-hydroxylation sites is 2. The number of aromatic nitrogens is 1. The predicted molar refractivity (Wildman–Crippen MR) is 117 cm³/mol. The van der Waals surface area contributed by atoms with Crippen molar-refractivity contribution in [3.05, 3.63) is 94.8 Å². The van der Waals surface area contributed by atoms with Crippen LogP contribution in [-0.4, -0.2) is 16.2 Å². The van der Waals surface area contributed by atoms with Gasteiger partial charge in [0.1, 0.15) is 0 Å². The van der Waals surface area contributed by atoms with Gasteiger partial charge in [-0.25, -0.2) is 0 Å². The van der Waals surface area contributed by atoms with Crippen molar-refractivity contribution in [3.63, 3.8) is 0 Å². The van der Waals surface area contributed by atoms with Crippen molar-refractivity contribution in [3.8, 4) is 0 Å². The summed E-state index contributed by atoms with van der Waals surface area (Å²) in [7, 11) is 1.96. The van der Waals surface area contributed by atoms with E-state index in [0.717, 1.165) is 31.8 Å². The molecule has 0 bridgehead atoms. The van der Waals surface area contributed by atoms with E-state index in [4.69, 9.17) is 0 Å². The molecule has 29 heavy (non-hydrogen) atoms. The fraction of sp³-hybridized carbons (Fsp3) is 0.0870. The van der Waals surface area contributed by atoms with Gasteiger partial charge in [0.15, 0.2) is 5.71 Å². The highest BCUT2D eigenvalue weighted by atomic mass is 32.1. The standard InChI is InChI=1S/C23H18N4OS/c1-26-19-13-7-8-14-20(19)29-23(26)25-24-21-17-11-5-6-12-18(17)27(22(21)28)15-16-9-3-2-4-10-16/h2-14H,15H2,1H3. The van der Waals surface area contributed by atoms with Gasteiger partial charge in [0.25, 0.3) is 5.91 Å². The first-order valence-electron chi connectivity index (χ1n) is 9.34. The Morgan fingerprint density at radius 1 is 0.862 bits per heavy atom. The largest absolute Gasteiger partial charge is 0.318 e. The Morgan fingerprint density at radius 2 is 1.59 bits per heavy atom. The molecule has 0 N–H and O–H groups in total. The minimum absolute atomic E-state index is 0.123. The molecule has 0 atom stereocenters. The molecule has 1 aliphatic heterocycles. The molecule has 1 aliphatic rings. The zero-order valence-electron chi connectivity index (χ0n) is 15.8. The van der Waals surface area contributed by atoms with Gasteiger partial charge >= 0.3 is 0 Å². The molecule has 142 valence electrons. The van der Waals surface area contributed by atoms with Gasteiger partial charge in [-0.1, -0.05) is 72.0 Å². The van der Waals surface area contributed by atoms with E-state index >= 15 is 0 Å². The third-order valence-corrected chi connectivity index (χ3v) is 6.13. The molecule has 5 nitrogen and oxygen atoms in total. The van der Waals surface area contributed by atoms with Crippen LogP contribution in [0.3, 0.4) is 0 Å². The van der Waals surface area contributed by atoms with Crippen LogP contribution in [-0.2, 0) is 18.4 Å². The van der Waals surface area contributed by atoms with E-state index in [1.807, 2.05) is 78.3 Å². The Morgan fingerprint density at radius 3 is 2.41 bits per heavy atom. The SMILES string of the molecule is Cn1c(=NN=C2C(=O)N(Cc3ccccc3)c3ccccc32)sc2ccccc21. The number of benzene rings is 3. The van der Waals surface area contributed by atoms with Crippen LogP contribution >= 0.6 is 11.3 Å². The molecule has 0 saturated heterocycles. The minimum atomic E-state index is -0.123. The number of anilines is 1. The lowest BCUT2D eigenvalue weighted by molar-refractivity contribution is -0.112. The molecule has 0 fully saturated rings. The molecule has 1 amide bonds. The van der Waals surface area contributed by atoms with Crippen LogP contribution in [0.2, 0.25) is 0 Å². The molecule has 4 aromatic rings. The molecule has 0 aliphatic carbocycles. The minimum Gasteiger partial charge on any atom is -0.318 e. The second-order valence-electron chi connectivity index (χ2n) is 6.85. The van der Waals surface area contributed by atoms with Gasteiger partial charge in [0.2, 0.25) is 4.80 Å². The molecule has 3 aromatic carbocycles. The molecule has 1 aromatic heterocycles. The number of aryl methyl sites for hydroxylation is 1. The Hall–Kier alpha value is -3.51. The van der Waals surface area contributed by atoms with Crippen LogP contribution < -0.4 is 9.70 Å². The van der Waals surface area contributed by atoms with Gasteiger partial charge in [0, 0.05) is 12.6 Å². The maximum Gasteiger partial charge on any atom is 0.279 e. The Balaban J connectivity index is 1.58. The molecule has 0 radical (unpaired) electrons. The van der Waals surface area contributed by atoms with Crippen LogP contribution in [0, 0.1) is 0 Å². The summed E-state index contributed by atoms with van der Waals surface area (Å²) >= 11 is 1.56. The topological polar surface area (TPSA) is 50.0 Å². The van der Waals surface area contributed by atoms with Crippen molar-refractivity contribution in [1.29, 1.82) is 0 Å². The molecular weight excluding hydrogens is 380 g/mol. The van der Waals surface area contributed by atoms with Crippen LogP contribution in [0.15, 0.2) is 89.1 Å². The zero-order chi connectivity index (χ0) is 19.8. The Labute approximate surface area is 171 Å².